The molecule has 1 aromatic heterocycles. The van der Waals surface area contributed by atoms with Gasteiger partial charge in [-0.25, -0.2) is 4.79 Å². The summed E-state index contributed by atoms with van der Waals surface area (Å²) in [7, 11) is 0. The molecule has 1 N–H and O–H groups in total. The van der Waals surface area contributed by atoms with E-state index in [1.165, 1.54) is 11.3 Å². The summed E-state index contributed by atoms with van der Waals surface area (Å²) >= 11 is 7.03. The van der Waals surface area contributed by atoms with Crippen LogP contribution in [0.3, 0.4) is 0 Å². The van der Waals surface area contributed by atoms with Crippen molar-refractivity contribution in [3.8, 4) is 0 Å². The van der Waals surface area contributed by atoms with Crippen LogP contribution >= 0.6 is 22.9 Å². The number of cyclic esters (lactones) is 1. The summed E-state index contributed by atoms with van der Waals surface area (Å²) in [4.78, 5) is 39.6. The predicted octanol–water partition coefficient (Wildman–Crippen LogP) is 1.59. The minimum absolute atomic E-state index is 0.0182. The molecule has 0 spiro atoms. The lowest BCUT2D eigenvalue weighted by Crippen LogP contribution is -2.42. The number of ether oxygens (including phenoxy) is 2. The quantitative estimate of drug-likeness (QED) is 0.651. The van der Waals surface area contributed by atoms with E-state index in [0.717, 1.165) is 12.8 Å². The third-order valence-corrected chi connectivity index (χ3v) is 5.66. The summed E-state index contributed by atoms with van der Waals surface area (Å²) in [5.41, 5.74) is 0. The Labute approximate surface area is 166 Å². The Morgan fingerprint density at radius 3 is 2.74 bits per heavy atom. The molecule has 0 aliphatic carbocycles. The van der Waals surface area contributed by atoms with Gasteiger partial charge in [-0.05, 0) is 25.0 Å². The van der Waals surface area contributed by atoms with E-state index in [-0.39, 0.29) is 37.2 Å². The zero-order valence-electron chi connectivity index (χ0n) is 14.8. The molecule has 1 atom stereocenters. The van der Waals surface area contributed by atoms with Crippen molar-refractivity contribution in [2.45, 2.75) is 18.9 Å². The van der Waals surface area contributed by atoms with Crippen LogP contribution in [0.25, 0.3) is 0 Å². The van der Waals surface area contributed by atoms with Gasteiger partial charge in [-0.15, -0.1) is 11.3 Å². The number of hydrogen-bond acceptors (Lipinski definition) is 6. The van der Waals surface area contributed by atoms with Crippen molar-refractivity contribution < 1.29 is 23.9 Å². The molecule has 1 aromatic rings. The molecule has 0 radical (unpaired) electrons. The molecular formula is C17H22ClN3O5S. The summed E-state index contributed by atoms with van der Waals surface area (Å²) in [6, 6.07) is 3.33. The van der Waals surface area contributed by atoms with Gasteiger partial charge in [0, 0.05) is 19.6 Å². The zero-order chi connectivity index (χ0) is 19.2. The summed E-state index contributed by atoms with van der Waals surface area (Å²) in [6.07, 6.45) is 0.872. The van der Waals surface area contributed by atoms with E-state index in [9.17, 15) is 14.4 Å². The second-order valence-electron chi connectivity index (χ2n) is 6.41. The second-order valence-corrected chi connectivity index (χ2v) is 8.12. The average Bonchev–Trinajstić information content (AvgIpc) is 3.24. The largest absolute Gasteiger partial charge is 0.442 e. The lowest BCUT2D eigenvalue weighted by molar-refractivity contribution is -0.142. The Hall–Kier alpha value is -1.84. The molecule has 2 fully saturated rings. The molecule has 3 amide bonds. The predicted molar refractivity (Wildman–Crippen MR) is 100 cm³/mol. The molecule has 2 saturated heterocycles. The van der Waals surface area contributed by atoms with Gasteiger partial charge in [0.2, 0.25) is 5.91 Å². The zero-order valence-corrected chi connectivity index (χ0v) is 16.4. The first-order valence-electron chi connectivity index (χ1n) is 8.87. The van der Waals surface area contributed by atoms with E-state index in [2.05, 4.69) is 5.32 Å². The molecule has 0 saturated carbocycles. The molecule has 0 aromatic carbocycles. The number of nitrogens with one attached hydrogen (secondary N) is 1. The van der Waals surface area contributed by atoms with Crippen molar-refractivity contribution in [2.75, 3.05) is 45.9 Å². The van der Waals surface area contributed by atoms with Gasteiger partial charge in [0.05, 0.1) is 28.9 Å². The molecule has 1 unspecified atom stereocenters. The second kappa shape index (κ2) is 9.38. The van der Waals surface area contributed by atoms with E-state index >= 15 is 0 Å². The number of halogens is 1. The number of morpholine rings is 1. The monoisotopic (exact) mass is 415 g/mol. The summed E-state index contributed by atoms with van der Waals surface area (Å²) in [5.74, 6) is -0.207. The molecular weight excluding hydrogens is 394 g/mol. The Balaban J connectivity index is 1.33. The van der Waals surface area contributed by atoms with Crippen molar-refractivity contribution in [3.05, 3.63) is 21.3 Å². The lowest BCUT2D eigenvalue weighted by atomic mass is 10.2. The number of carbonyl (C=O) groups excluding carboxylic acids is 3. The van der Waals surface area contributed by atoms with Crippen molar-refractivity contribution in [1.82, 2.24) is 15.1 Å². The number of carbonyl (C=O) groups is 3. The van der Waals surface area contributed by atoms with Gasteiger partial charge in [-0.3, -0.25) is 9.59 Å². The highest BCUT2D eigenvalue weighted by molar-refractivity contribution is 7.17. The standard InChI is InChI=1S/C17H22ClN3O5S/c18-14-4-3-13(27-14)16(23)19-9-12-10-21(17(24)26-12)6-2-1-5-20-7-8-25-11-15(20)22/h3-4,12H,1-2,5-11H2,(H,19,23). The van der Waals surface area contributed by atoms with Crippen LogP contribution in [0.15, 0.2) is 12.1 Å². The van der Waals surface area contributed by atoms with Crippen LogP contribution in [0, 0.1) is 0 Å². The van der Waals surface area contributed by atoms with Gasteiger partial charge in [0.1, 0.15) is 12.7 Å². The average molecular weight is 416 g/mol. The van der Waals surface area contributed by atoms with Gasteiger partial charge in [0.25, 0.3) is 5.91 Å². The highest BCUT2D eigenvalue weighted by Crippen LogP contribution is 2.21. The molecule has 27 heavy (non-hydrogen) atoms. The van der Waals surface area contributed by atoms with Crippen LogP contribution in [0.1, 0.15) is 22.5 Å². The highest BCUT2D eigenvalue weighted by atomic mass is 35.5. The number of nitrogens with zero attached hydrogens (tertiary/aromatic N) is 2. The minimum atomic E-state index is -0.365. The molecule has 2 aliphatic rings. The molecule has 148 valence electrons. The first-order chi connectivity index (χ1) is 13.0. The summed E-state index contributed by atoms with van der Waals surface area (Å²) in [5, 5.41) is 2.76. The topological polar surface area (TPSA) is 88.2 Å². The van der Waals surface area contributed by atoms with Crippen LogP contribution < -0.4 is 5.32 Å². The van der Waals surface area contributed by atoms with Gasteiger partial charge in [-0.1, -0.05) is 11.6 Å². The van der Waals surface area contributed by atoms with E-state index in [4.69, 9.17) is 21.1 Å². The first-order valence-corrected chi connectivity index (χ1v) is 10.1. The van der Waals surface area contributed by atoms with Gasteiger partial charge in [0.15, 0.2) is 0 Å². The molecule has 3 heterocycles. The fraction of sp³-hybridized carbons (Fsp3) is 0.588. The number of hydrogen-bond donors (Lipinski definition) is 1. The molecule has 8 nitrogen and oxygen atoms in total. The maximum absolute atomic E-state index is 12.0. The molecule has 2 aliphatic heterocycles. The van der Waals surface area contributed by atoms with Crippen molar-refractivity contribution >= 4 is 40.8 Å². The van der Waals surface area contributed by atoms with Crippen molar-refractivity contribution in [3.63, 3.8) is 0 Å². The van der Waals surface area contributed by atoms with Crippen LogP contribution in [-0.2, 0) is 14.3 Å². The lowest BCUT2D eigenvalue weighted by Gasteiger charge is -2.26. The first kappa shape index (κ1) is 19.9. The van der Waals surface area contributed by atoms with Gasteiger partial charge in [-0.2, -0.15) is 0 Å². The maximum Gasteiger partial charge on any atom is 0.410 e. The SMILES string of the molecule is O=C(NCC1CN(CCCCN2CCOCC2=O)C(=O)O1)c1ccc(Cl)s1. The maximum atomic E-state index is 12.0. The van der Waals surface area contributed by atoms with E-state index in [1.54, 1.807) is 21.9 Å². The molecule has 0 bridgehead atoms. The Kier molecular flexibility index (Phi) is 6.92. The highest BCUT2D eigenvalue weighted by Gasteiger charge is 2.31. The Bertz CT molecular complexity index is 698. The fourth-order valence-electron chi connectivity index (χ4n) is 2.99. The minimum Gasteiger partial charge on any atom is -0.442 e. The molecule has 3 rings (SSSR count). The van der Waals surface area contributed by atoms with Crippen LogP contribution in [0.4, 0.5) is 4.79 Å². The normalized spacial score (nSPS) is 20.1. The Morgan fingerprint density at radius 2 is 2.04 bits per heavy atom. The van der Waals surface area contributed by atoms with E-state index < -0.39 is 0 Å². The number of rotatable bonds is 8. The van der Waals surface area contributed by atoms with Crippen LogP contribution in [0.2, 0.25) is 4.34 Å². The summed E-state index contributed by atoms with van der Waals surface area (Å²) < 4.78 is 10.9. The van der Waals surface area contributed by atoms with Crippen molar-refractivity contribution in [1.29, 1.82) is 0 Å². The number of amides is 3. The van der Waals surface area contributed by atoms with Crippen molar-refractivity contribution in [2.24, 2.45) is 0 Å². The Morgan fingerprint density at radius 1 is 1.26 bits per heavy atom. The third-order valence-electron chi connectivity index (χ3n) is 4.43. The van der Waals surface area contributed by atoms with Crippen LogP contribution in [-0.4, -0.2) is 79.7 Å². The smallest absolute Gasteiger partial charge is 0.410 e. The van der Waals surface area contributed by atoms with E-state index in [0.29, 0.717) is 42.0 Å². The summed E-state index contributed by atoms with van der Waals surface area (Å²) in [6.45, 7) is 3.32. The van der Waals surface area contributed by atoms with Gasteiger partial charge < -0.3 is 24.6 Å². The third kappa shape index (κ3) is 5.57. The van der Waals surface area contributed by atoms with Crippen LogP contribution in [0.5, 0.6) is 0 Å². The number of thiophene rings is 1. The fourth-order valence-corrected chi connectivity index (χ4v) is 3.95. The number of unbranched alkanes of at least 4 members (excludes halogenated alkanes) is 1. The van der Waals surface area contributed by atoms with Gasteiger partial charge >= 0.3 is 6.09 Å². The molecule has 10 heteroatoms. The van der Waals surface area contributed by atoms with E-state index in [1.807, 2.05) is 0 Å².